The van der Waals surface area contributed by atoms with Gasteiger partial charge >= 0.3 is 6.18 Å². The Hall–Kier alpha value is -2.33. The Morgan fingerprint density at radius 3 is 2.52 bits per heavy atom. The van der Waals surface area contributed by atoms with E-state index in [1.165, 1.54) is 18.2 Å². The number of benzene rings is 1. The number of nitrogens with zero attached hydrogens (tertiary/aromatic N) is 3. The molecule has 0 atom stereocenters. The number of nitriles is 1. The van der Waals surface area contributed by atoms with Gasteiger partial charge in [-0.15, -0.1) is 5.10 Å². The molecule has 0 unspecified atom stereocenters. The number of hydrogen-bond acceptors (Lipinski definition) is 4. The van der Waals surface area contributed by atoms with Gasteiger partial charge < -0.3 is 4.74 Å². The highest BCUT2D eigenvalue weighted by Gasteiger charge is 2.34. The Kier molecular flexibility index (Phi) is 4.29. The van der Waals surface area contributed by atoms with Crippen LogP contribution in [-0.4, -0.2) is 10.2 Å². The van der Waals surface area contributed by atoms with Gasteiger partial charge in [-0.1, -0.05) is 11.6 Å². The minimum Gasteiger partial charge on any atom is -0.487 e. The fourth-order valence-electron chi connectivity index (χ4n) is 1.52. The van der Waals surface area contributed by atoms with Crippen molar-refractivity contribution in [3.05, 3.63) is 52.3 Å². The SMILES string of the molecule is N#Cc1ccc(OCc2ccc(Cl)nn2)c(C(F)(F)F)c1. The van der Waals surface area contributed by atoms with E-state index in [4.69, 9.17) is 21.6 Å². The number of rotatable bonds is 3. The molecular weight excluding hydrogens is 307 g/mol. The standard InChI is InChI=1S/C13H7ClF3N3O/c14-12-4-2-9(19-20-12)7-21-11-3-1-8(6-18)5-10(11)13(15,16)17/h1-5H,7H2. The summed E-state index contributed by atoms with van der Waals surface area (Å²) in [7, 11) is 0. The van der Waals surface area contributed by atoms with Crippen LogP contribution in [0.15, 0.2) is 30.3 Å². The lowest BCUT2D eigenvalue weighted by molar-refractivity contribution is -0.139. The van der Waals surface area contributed by atoms with Gasteiger partial charge in [0.2, 0.25) is 0 Å². The molecule has 0 N–H and O–H groups in total. The molecule has 0 radical (unpaired) electrons. The normalized spacial score (nSPS) is 11.0. The molecule has 0 amide bonds. The highest BCUT2D eigenvalue weighted by atomic mass is 35.5. The van der Waals surface area contributed by atoms with Crippen LogP contribution in [0.25, 0.3) is 0 Å². The summed E-state index contributed by atoms with van der Waals surface area (Å²) in [5.41, 5.74) is -0.777. The summed E-state index contributed by atoms with van der Waals surface area (Å²) in [6.45, 7) is -0.195. The zero-order chi connectivity index (χ0) is 15.5. The second-order valence-corrected chi connectivity index (χ2v) is 4.34. The molecule has 1 aromatic carbocycles. The minimum atomic E-state index is -4.62. The first kappa shape index (κ1) is 15.1. The molecule has 2 rings (SSSR count). The number of hydrogen-bond donors (Lipinski definition) is 0. The average molecular weight is 314 g/mol. The fraction of sp³-hybridized carbons (Fsp3) is 0.154. The number of alkyl halides is 3. The largest absolute Gasteiger partial charge is 0.487 e. The van der Waals surface area contributed by atoms with E-state index in [9.17, 15) is 13.2 Å². The predicted octanol–water partition coefficient (Wildman–Crippen LogP) is 3.60. The maximum atomic E-state index is 12.9. The van der Waals surface area contributed by atoms with E-state index >= 15 is 0 Å². The Bertz CT molecular complexity index is 681. The van der Waals surface area contributed by atoms with Crippen molar-refractivity contribution in [3.8, 4) is 11.8 Å². The maximum absolute atomic E-state index is 12.9. The second kappa shape index (κ2) is 5.97. The van der Waals surface area contributed by atoms with Crippen molar-refractivity contribution in [2.24, 2.45) is 0 Å². The van der Waals surface area contributed by atoms with Gasteiger partial charge in [0, 0.05) is 0 Å². The summed E-state index contributed by atoms with van der Waals surface area (Å²) in [6, 6.07) is 7.69. The maximum Gasteiger partial charge on any atom is 0.420 e. The van der Waals surface area contributed by atoms with Crippen LogP contribution in [0.5, 0.6) is 5.75 Å². The first-order chi connectivity index (χ1) is 9.90. The zero-order valence-corrected chi connectivity index (χ0v) is 11.1. The van der Waals surface area contributed by atoms with Crippen LogP contribution in [0.2, 0.25) is 5.15 Å². The molecule has 1 aromatic heterocycles. The molecule has 1 heterocycles. The molecule has 0 aliphatic rings. The Balaban J connectivity index is 2.23. The van der Waals surface area contributed by atoms with Gasteiger partial charge in [0.25, 0.3) is 0 Å². The van der Waals surface area contributed by atoms with Gasteiger partial charge in [-0.3, -0.25) is 0 Å². The Morgan fingerprint density at radius 1 is 1.19 bits per heavy atom. The lowest BCUT2D eigenvalue weighted by atomic mass is 10.1. The van der Waals surface area contributed by atoms with Gasteiger partial charge in [0.05, 0.1) is 17.2 Å². The summed E-state index contributed by atoms with van der Waals surface area (Å²) >= 11 is 5.55. The second-order valence-electron chi connectivity index (χ2n) is 3.96. The zero-order valence-electron chi connectivity index (χ0n) is 10.4. The van der Waals surface area contributed by atoms with E-state index in [0.29, 0.717) is 5.69 Å². The summed E-state index contributed by atoms with van der Waals surface area (Å²) in [5.74, 6) is -0.377. The molecule has 0 bridgehead atoms. The third-order valence-electron chi connectivity index (χ3n) is 2.48. The van der Waals surface area contributed by atoms with Gasteiger partial charge in [0.15, 0.2) is 5.15 Å². The van der Waals surface area contributed by atoms with Crippen molar-refractivity contribution in [1.29, 1.82) is 5.26 Å². The van der Waals surface area contributed by atoms with Crippen LogP contribution >= 0.6 is 11.6 Å². The quantitative estimate of drug-likeness (QED) is 0.868. The van der Waals surface area contributed by atoms with Gasteiger partial charge in [-0.25, -0.2) is 0 Å². The molecular formula is C13H7ClF3N3O. The van der Waals surface area contributed by atoms with E-state index in [1.54, 1.807) is 6.07 Å². The van der Waals surface area contributed by atoms with Crippen LogP contribution in [0.3, 0.4) is 0 Å². The number of ether oxygens (including phenoxy) is 1. The first-order valence-electron chi connectivity index (χ1n) is 5.62. The van der Waals surface area contributed by atoms with Crippen LogP contribution in [-0.2, 0) is 12.8 Å². The van der Waals surface area contributed by atoms with E-state index < -0.39 is 11.7 Å². The van der Waals surface area contributed by atoms with E-state index in [2.05, 4.69) is 10.2 Å². The summed E-state index contributed by atoms with van der Waals surface area (Å²) < 4.78 is 43.8. The van der Waals surface area contributed by atoms with Crippen molar-refractivity contribution >= 4 is 11.6 Å². The summed E-state index contributed by atoms with van der Waals surface area (Å²) in [5, 5.41) is 16.1. The topological polar surface area (TPSA) is 58.8 Å². The smallest absolute Gasteiger partial charge is 0.420 e. The van der Waals surface area contributed by atoms with Gasteiger partial charge in [0.1, 0.15) is 18.1 Å². The average Bonchev–Trinajstić information content (AvgIpc) is 2.45. The first-order valence-corrected chi connectivity index (χ1v) is 6.00. The molecule has 8 heteroatoms. The monoisotopic (exact) mass is 313 g/mol. The van der Waals surface area contributed by atoms with Crippen molar-refractivity contribution < 1.29 is 17.9 Å². The lowest BCUT2D eigenvalue weighted by Gasteiger charge is -2.13. The van der Waals surface area contributed by atoms with Crippen LogP contribution in [0.4, 0.5) is 13.2 Å². The molecule has 0 aliphatic carbocycles. The predicted molar refractivity (Wildman–Crippen MR) is 67.5 cm³/mol. The molecule has 0 spiro atoms. The Morgan fingerprint density at radius 2 is 1.95 bits per heavy atom. The van der Waals surface area contributed by atoms with Crippen molar-refractivity contribution in [2.45, 2.75) is 12.8 Å². The molecule has 2 aromatic rings. The van der Waals surface area contributed by atoms with E-state index in [-0.39, 0.29) is 23.1 Å². The van der Waals surface area contributed by atoms with E-state index in [0.717, 1.165) is 12.1 Å². The highest BCUT2D eigenvalue weighted by Crippen LogP contribution is 2.37. The molecule has 0 saturated heterocycles. The van der Waals surface area contributed by atoms with E-state index in [1.807, 2.05) is 0 Å². The molecule has 0 aliphatic heterocycles. The highest BCUT2D eigenvalue weighted by molar-refractivity contribution is 6.29. The van der Waals surface area contributed by atoms with Crippen LogP contribution < -0.4 is 4.74 Å². The number of aromatic nitrogens is 2. The summed E-state index contributed by atoms with van der Waals surface area (Å²) in [4.78, 5) is 0. The third-order valence-corrected chi connectivity index (χ3v) is 2.68. The molecule has 0 fully saturated rings. The molecule has 21 heavy (non-hydrogen) atoms. The van der Waals surface area contributed by atoms with Crippen LogP contribution in [0.1, 0.15) is 16.8 Å². The van der Waals surface area contributed by atoms with Crippen LogP contribution in [0, 0.1) is 11.3 Å². The van der Waals surface area contributed by atoms with Crippen molar-refractivity contribution in [3.63, 3.8) is 0 Å². The van der Waals surface area contributed by atoms with Crippen molar-refractivity contribution in [2.75, 3.05) is 0 Å². The third kappa shape index (κ3) is 3.83. The van der Waals surface area contributed by atoms with Gasteiger partial charge in [-0.2, -0.15) is 23.5 Å². The summed E-state index contributed by atoms with van der Waals surface area (Å²) in [6.07, 6.45) is -4.62. The Labute approximate surface area is 122 Å². The number of halogens is 4. The molecule has 4 nitrogen and oxygen atoms in total. The lowest BCUT2D eigenvalue weighted by Crippen LogP contribution is -2.09. The fourth-order valence-corrected chi connectivity index (χ4v) is 1.62. The van der Waals surface area contributed by atoms with Gasteiger partial charge in [-0.05, 0) is 30.3 Å². The molecule has 0 saturated carbocycles. The van der Waals surface area contributed by atoms with Crippen molar-refractivity contribution in [1.82, 2.24) is 10.2 Å². The molecule has 108 valence electrons. The minimum absolute atomic E-state index is 0.0963.